The van der Waals surface area contributed by atoms with Crippen molar-refractivity contribution in [1.29, 1.82) is 0 Å². The largest absolute Gasteiger partial charge is 0.481 e. The van der Waals surface area contributed by atoms with Crippen LogP contribution >= 0.6 is 0 Å². The summed E-state index contributed by atoms with van der Waals surface area (Å²) in [6.07, 6.45) is -9.59. The van der Waals surface area contributed by atoms with Crippen LogP contribution in [0.15, 0.2) is 41.1 Å². The molecule has 4 rings (SSSR count). The van der Waals surface area contributed by atoms with E-state index in [0.717, 1.165) is 31.6 Å². The lowest BCUT2D eigenvalue weighted by Gasteiger charge is -2.32. The maximum atomic E-state index is 13.5. The van der Waals surface area contributed by atoms with Crippen molar-refractivity contribution in [2.75, 3.05) is 18.0 Å². The van der Waals surface area contributed by atoms with E-state index in [1.165, 1.54) is 0 Å². The molecule has 0 radical (unpaired) electrons. The van der Waals surface area contributed by atoms with Gasteiger partial charge >= 0.3 is 12.4 Å². The average molecular weight is 458 g/mol. The number of ether oxygens (including phenoxy) is 1. The Morgan fingerprint density at radius 3 is 2.47 bits per heavy atom. The monoisotopic (exact) mass is 458 g/mol. The minimum atomic E-state index is -4.96. The van der Waals surface area contributed by atoms with Crippen LogP contribution in [-0.2, 0) is 6.18 Å². The summed E-state index contributed by atoms with van der Waals surface area (Å²) >= 11 is 0. The SMILES string of the molecule is CC(Oc1ccc(-c2nc(-c3cccnc3N3CCC3)no2)cc1C(F)(F)F)C(F)(F)F. The van der Waals surface area contributed by atoms with Gasteiger partial charge in [-0.2, -0.15) is 31.3 Å². The number of benzene rings is 1. The number of halogens is 6. The summed E-state index contributed by atoms with van der Waals surface area (Å²) in [5.41, 5.74) is -0.942. The van der Waals surface area contributed by atoms with Crippen molar-refractivity contribution in [3.63, 3.8) is 0 Å². The molecular formula is C20H16F6N4O2. The number of hydrogen-bond donors (Lipinski definition) is 0. The molecule has 32 heavy (non-hydrogen) atoms. The molecule has 1 aromatic carbocycles. The number of hydrogen-bond acceptors (Lipinski definition) is 6. The molecule has 1 saturated heterocycles. The lowest BCUT2D eigenvalue weighted by molar-refractivity contribution is -0.191. The summed E-state index contributed by atoms with van der Waals surface area (Å²) < 4.78 is 88.4. The topological polar surface area (TPSA) is 64.3 Å². The lowest BCUT2D eigenvalue weighted by Crippen LogP contribution is -2.38. The van der Waals surface area contributed by atoms with Crippen LogP contribution in [0.4, 0.5) is 32.2 Å². The van der Waals surface area contributed by atoms with E-state index in [2.05, 4.69) is 19.9 Å². The van der Waals surface area contributed by atoms with E-state index in [-0.39, 0.29) is 17.3 Å². The van der Waals surface area contributed by atoms with E-state index in [0.29, 0.717) is 24.4 Å². The molecule has 1 unspecified atom stereocenters. The van der Waals surface area contributed by atoms with E-state index in [9.17, 15) is 26.3 Å². The molecule has 2 aromatic heterocycles. The van der Waals surface area contributed by atoms with Gasteiger partial charge in [-0.25, -0.2) is 4.98 Å². The predicted octanol–water partition coefficient (Wildman–Crippen LogP) is 5.36. The van der Waals surface area contributed by atoms with Crippen LogP contribution in [0, 0.1) is 0 Å². The molecule has 0 N–H and O–H groups in total. The Morgan fingerprint density at radius 1 is 1.09 bits per heavy atom. The van der Waals surface area contributed by atoms with Crippen LogP contribution in [0.25, 0.3) is 22.8 Å². The molecule has 0 spiro atoms. The number of aromatic nitrogens is 3. The van der Waals surface area contributed by atoms with Crippen LogP contribution < -0.4 is 9.64 Å². The number of alkyl halides is 6. The first-order chi connectivity index (χ1) is 15.0. The molecule has 170 valence electrons. The van der Waals surface area contributed by atoms with Gasteiger partial charge in [0.05, 0.1) is 11.1 Å². The highest BCUT2D eigenvalue weighted by atomic mass is 19.4. The van der Waals surface area contributed by atoms with Crippen LogP contribution in [0.5, 0.6) is 5.75 Å². The first kappa shape index (κ1) is 21.9. The van der Waals surface area contributed by atoms with Crippen LogP contribution in [0.2, 0.25) is 0 Å². The fourth-order valence-electron chi connectivity index (χ4n) is 3.05. The molecule has 6 nitrogen and oxygen atoms in total. The van der Waals surface area contributed by atoms with E-state index in [1.807, 2.05) is 4.90 Å². The molecule has 1 aliphatic heterocycles. The summed E-state index contributed by atoms with van der Waals surface area (Å²) in [6.45, 7) is 2.24. The third kappa shape index (κ3) is 4.34. The Kier molecular flexibility index (Phi) is 5.47. The molecule has 12 heteroatoms. The van der Waals surface area contributed by atoms with Gasteiger partial charge in [0, 0.05) is 24.8 Å². The van der Waals surface area contributed by atoms with E-state index >= 15 is 0 Å². The van der Waals surface area contributed by atoms with Gasteiger partial charge in [0.25, 0.3) is 5.89 Å². The van der Waals surface area contributed by atoms with E-state index in [1.54, 1.807) is 18.3 Å². The first-order valence-corrected chi connectivity index (χ1v) is 9.53. The fraction of sp³-hybridized carbons (Fsp3) is 0.350. The van der Waals surface area contributed by atoms with Gasteiger partial charge in [0.1, 0.15) is 11.6 Å². The van der Waals surface area contributed by atoms with Gasteiger partial charge < -0.3 is 14.2 Å². The zero-order chi connectivity index (χ0) is 23.1. The fourth-order valence-corrected chi connectivity index (χ4v) is 3.05. The summed E-state index contributed by atoms with van der Waals surface area (Å²) in [4.78, 5) is 10.5. The van der Waals surface area contributed by atoms with Crippen LogP contribution in [-0.4, -0.2) is 40.5 Å². The highest BCUT2D eigenvalue weighted by Crippen LogP contribution is 2.40. The summed E-state index contributed by atoms with van der Waals surface area (Å²) in [5.74, 6) is -0.404. The maximum absolute atomic E-state index is 13.5. The maximum Gasteiger partial charge on any atom is 0.425 e. The molecule has 1 atom stereocenters. The average Bonchev–Trinajstić information content (AvgIpc) is 3.16. The third-order valence-electron chi connectivity index (χ3n) is 4.91. The van der Waals surface area contributed by atoms with Crippen LogP contribution in [0.3, 0.4) is 0 Å². The van der Waals surface area contributed by atoms with Crippen molar-refractivity contribution in [2.24, 2.45) is 0 Å². The highest BCUT2D eigenvalue weighted by Gasteiger charge is 2.41. The number of nitrogens with zero attached hydrogens (tertiary/aromatic N) is 4. The van der Waals surface area contributed by atoms with Gasteiger partial charge in [-0.15, -0.1) is 0 Å². The number of rotatable bonds is 5. The van der Waals surface area contributed by atoms with Crippen LogP contribution in [0.1, 0.15) is 18.9 Å². The molecule has 3 heterocycles. The van der Waals surface area contributed by atoms with E-state index < -0.39 is 29.8 Å². The Hall–Kier alpha value is -3.31. The number of pyridine rings is 1. The van der Waals surface area contributed by atoms with Gasteiger partial charge in [-0.1, -0.05) is 5.16 Å². The standard InChI is InChI=1S/C20H16F6N4O2/c1-11(19(21,22)23)31-15-6-5-12(10-14(15)20(24,25)26)18-28-16(29-32-18)13-4-2-7-27-17(13)30-8-3-9-30/h2,4-7,10-11H,3,8-9H2,1H3. The van der Waals surface area contributed by atoms with Crippen molar-refractivity contribution in [1.82, 2.24) is 15.1 Å². The zero-order valence-electron chi connectivity index (χ0n) is 16.5. The Labute approximate surface area is 177 Å². The normalized spacial score (nSPS) is 15.4. The van der Waals surface area contributed by atoms with Crippen molar-refractivity contribution in [2.45, 2.75) is 31.8 Å². The predicted molar refractivity (Wildman–Crippen MR) is 101 cm³/mol. The quantitative estimate of drug-likeness (QED) is 0.480. The van der Waals surface area contributed by atoms with E-state index in [4.69, 9.17) is 4.52 Å². The van der Waals surface area contributed by atoms with Gasteiger partial charge in [0.15, 0.2) is 6.10 Å². The third-order valence-corrected chi connectivity index (χ3v) is 4.91. The second-order valence-corrected chi connectivity index (χ2v) is 7.15. The molecule has 0 bridgehead atoms. The molecule has 3 aromatic rings. The van der Waals surface area contributed by atoms with Crippen molar-refractivity contribution < 1.29 is 35.6 Å². The van der Waals surface area contributed by atoms with Gasteiger partial charge in [-0.3, -0.25) is 0 Å². The highest BCUT2D eigenvalue weighted by molar-refractivity contribution is 5.72. The first-order valence-electron chi connectivity index (χ1n) is 9.53. The molecular weight excluding hydrogens is 442 g/mol. The van der Waals surface area contributed by atoms with Crippen molar-refractivity contribution in [3.05, 3.63) is 42.1 Å². The molecule has 1 aliphatic rings. The Bertz CT molecular complexity index is 1110. The second kappa shape index (κ2) is 7.99. The Balaban J connectivity index is 1.68. The molecule has 0 amide bonds. The minimum Gasteiger partial charge on any atom is -0.481 e. The molecule has 1 fully saturated rings. The smallest absolute Gasteiger partial charge is 0.425 e. The summed E-state index contributed by atoms with van der Waals surface area (Å²) in [6, 6.07) is 5.94. The van der Waals surface area contributed by atoms with Crippen molar-refractivity contribution in [3.8, 4) is 28.6 Å². The second-order valence-electron chi connectivity index (χ2n) is 7.15. The molecule has 0 aliphatic carbocycles. The van der Waals surface area contributed by atoms with Gasteiger partial charge in [0.2, 0.25) is 5.82 Å². The van der Waals surface area contributed by atoms with Crippen molar-refractivity contribution >= 4 is 5.82 Å². The van der Waals surface area contributed by atoms with Gasteiger partial charge in [-0.05, 0) is 43.7 Å². The zero-order valence-corrected chi connectivity index (χ0v) is 16.5. The Morgan fingerprint density at radius 2 is 1.84 bits per heavy atom. The number of anilines is 1. The summed E-state index contributed by atoms with van der Waals surface area (Å²) in [5, 5.41) is 3.85. The molecule has 0 saturated carbocycles. The lowest BCUT2D eigenvalue weighted by atomic mass is 10.1. The summed E-state index contributed by atoms with van der Waals surface area (Å²) in [7, 11) is 0. The minimum absolute atomic E-state index is 0.113.